The number of benzene rings is 1. The van der Waals surface area contributed by atoms with Crippen molar-refractivity contribution in [1.29, 1.82) is 0 Å². The number of imidazole rings is 1. The van der Waals surface area contributed by atoms with E-state index in [0.717, 1.165) is 12.8 Å². The van der Waals surface area contributed by atoms with Crippen LogP contribution in [0.15, 0.2) is 30.6 Å². The first kappa shape index (κ1) is 28.0. The van der Waals surface area contributed by atoms with Crippen molar-refractivity contribution in [2.75, 3.05) is 11.9 Å². The molecule has 0 bridgehead atoms. The average Bonchev–Trinajstić information content (AvgIpc) is 3.63. The number of aromatic nitrogens is 4. The van der Waals surface area contributed by atoms with E-state index in [0.29, 0.717) is 35.6 Å². The number of nitrogens with one attached hydrogen (secondary N) is 1. The standard InChI is InChI=1S/C27H30ClF2N5O5/c1-4-39-26(37)24(30)40-21-10-20(35(3)33-21)27(38)11-15-7-14(8-16(15)12-27)22-23(34(2)13-31-22)25(36)32-17-5-6-19(29)18(28)9-17/h5-6,9-10,13-16,24,38H,4,7-8,11-12H2,1-3H3,(H,32,36). The summed E-state index contributed by atoms with van der Waals surface area (Å²) in [5, 5.41) is 18.4. The van der Waals surface area contributed by atoms with Gasteiger partial charge in [-0.3, -0.25) is 9.48 Å². The van der Waals surface area contributed by atoms with Crippen LogP contribution in [0.4, 0.5) is 14.5 Å². The van der Waals surface area contributed by atoms with Gasteiger partial charge in [0.2, 0.25) is 5.88 Å². The Morgan fingerprint density at radius 3 is 2.60 bits per heavy atom. The number of anilines is 1. The summed E-state index contributed by atoms with van der Waals surface area (Å²) in [5.74, 6) is -1.86. The summed E-state index contributed by atoms with van der Waals surface area (Å²) in [6, 6.07) is 5.43. The number of halogens is 3. The second-order valence-corrected chi connectivity index (χ2v) is 10.9. The van der Waals surface area contributed by atoms with Gasteiger partial charge in [-0.1, -0.05) is 11.6 Å². The zero-order valence-corrected chi connectivity index (χ0v) is 23.0. The van der Waals surface area contributed by atoms with Gasteiger partial charge in [-0.25, -0.2) is 14.2 Å². The lowest BCUT2D eigenvalue weighted by atomic mass is 9.90. The molecule has 0 saturated heterocycles. The van der Waals surface area contributed by atoms with Gasteiger partial charge in [0.25, 0.3) is 5.91 Å². The lowest BCUT2D eigenvalue weighted by molar-refractivity contribution is -0.160. The molecule has 2 heterocycles. The van der Waals surface area contributed by atoms with E-state index in [1.807, 2.05) is 0 Å². The summed E-state index contributed by atoms with van der Waals surface area (Å²) in [7, 11) is 3.37. The highest BCUT2D eigenvalue weighted by Gasteiger charge is 2.51. The van der Waals surface area contributed by atoms with Crippen LogP contribution >= 0.6 is 11.6 Å². The molecule has 13 heteroatoms. The number of aliphatic hydroxyl groups is 1. The molecule has 0 spiro atoms. The fourth-order valence-electron chi connectivity index (χ4n) is 6.18. The minimum absolute atomic E-state index is 0.0145. The Kier molecular flexibility index (Phi) is 7.58. The third kappa shape index (κ3) is 5.29. The van der Waals surface area contributed by atoms with Gasteiger partial charge in [0.1, 0.15) is 17.1 Å². The highest BCUT2D eigenvalue weighted by molar-refractivity contribution is 6.31. The van der Waals surface area contributed by atoms with Crippen LogP contribution in [0.3, 0.4) is 0 Å². The fourth-order valence-corrected chi connectivity index (χ4v) is 6.36. The fraction of sp³-hybridized carbons (Fsp3) is 0.481. The van der Waals surface area contributed by atoms with Crippen LogP contribution in [0.5, 0.6) is 5.88 Å². The minimum Gasteiger partial charge on any atom is -0.461 e. The molecule has 0 radical (unpaired) electrons. The Bertz CT molecular complexity index is 1430. The molecule has 214 valence electrons. The summed E-state index contributed by atoms with van der Waals surface area (Å²) in [4.78, 5) is 29.3. The van der Waals surface area contributed by atoms with Crippen LogP contribution in [0.2, 0.25) is 5.02 Å². The van der Waals surface area contributed by atoms with Gasteiger partial charge in [-0.15, -0.1) is 5.10 Å². The van der Waals surface area contributed by atoms with Crippen molar-refractivity contribution in [2.24, 2.45) is 25.9 Å². The van der Waals surface area contributed by atoms with Crippen molar-refractivity contribution in [1.82, 2.24) is 19.3 Å². The average molecular weight is 578 g/mol. The van der Waals surface area contributed by atoms with Gasteiger partial charge >= 0.3 is 12.3 Å². The number of rotatable bonds is 8. The minimum atomic E-state index is -2.31. The van der Waals surface area contributed by atoms with Gasteiger partial charge in [0.15, 0.2) is 0 Å². The molecule has 3 aromatic rings. The zero-order valence-electron chi connectivity index (χ0n) is 22.2. The van der Waals surface area contributed by atoms with Gasteiger partial charge in [0, 0.05) is 31.8 Å². The molecule has 3 unspecified atom stereocenters. The van der Waals surface area contributed by atoms with E-state index in [-0.39, 0.29) is 41.2 Å². The monoisotopic (exact) mass is 577 g/mol. The third-order valence-corrected chi connectivity index (χ3v) is 8.11. The molecular formula is C27H30ClF2N5O5. The molecule has 2 N–H and O–H groups in total. The normalized spacial score (nSPS) is 24.5. The van der Waals surface area contributed by atoms with E-state index < -0.39 is 23.7 Å². The zero-order chi connectivity index (χ0) is 28.8. The van der Waals surface area contributed by atoms with Crippen LogP contribution < -0.4 is 10.1 Å². The SMILES string of the molecule is CCOC(=O)C(F)Oc1cc(C2(O)CC3CC(c4ncn(C)c4C(=O)Nc4ccc(F)c(Cl)c4)CC3C2)n(C)n1. The number of nitrogens with zero attached hydrogens (tertiary/aromatic N) is 4. The predicted molar refractivity (Wildman–Crippen MR) is 140 cm³/mol. The van der Waals surface area contributed by atoms with Crippen molar-refractivity contribution >= 4 is 29.2 Å². The summed E-state index contributed by atoms with van der Waals surface area (Å²) < 4.78 is 40.3. The Balaban J connectivity index is 1.27. The molecule has 1 amide bonds. The number of carbonyl (C=O) groups is 2. The summed E-state index contributed by atoms with van der Waals surface area (Å²) in [6.07, 6.45) is 1.63. The Morgan fingerprint density at radius 1 is 1.25 bits per heavy atom. The molecule has 2 fully saturated rings. The van der Waals surface area contributed by atoms with Gasteiger partial charge in [-0.2, -0.15) is 4.39 Å². The second kappa shape index (κ2) is 10.8. The maximum absolute atomic E-state index is 14.1. The van der Waals surface area contributed by atoms with Crippen LogP contribution in [0.1, 0.15) is 60.4 Å². The van der Waals surface area contributed by atoms with E-state index in [1.165, 1.54) is 28.9 Å². The highest BCUT2D eigenvalue weighted by atomic mass is 35.5. The Labute approximate surface area is 234 Å². The number of alkyl halides is 1. The van der Waals surface area contributed by atoms with Crippen molar-refractivity contribution < 1.29 is 33.0 Å². The van der Waals surface area contributed by atoms with Crippen molar-refractivity contribution in [3.63, 3.8) is 0 Å². The Hall–Kier alpha value is -3.51. The largest absolute Gasteiger partial charge is 0.461 e. The summed E-state index contributed by atoms with van der Waals surface area (Å²) in [5.41, 5.74) is 0.732. The summed E-state index contributed by atoms with van der Waals surface area (Å²) >= 11 is 5.86. The number of ether oxygens (including phenoxy) is 2. The number of esters is 1. The van der Waals surface area contributed by atoms with Gasteiger partial charge in [0.05, 0.1) is 29.3 Å². The third-order valence-electron chi connectivity index (χ3n) is 7.82. The van der Waals surface area contributed by atoms with Crippen molar-refractivity contribution in [2.45, 2.75) is 50.5 Å². The first-order chi connectivity index (χ1) is 19.0. The number of hydrogen-bond donors (Lipinski definition) is 2. The lowest BCUT2D eigenvalue weighted by Gasteiger charge is -2.24. The maximum atomic E-state index is 14.1. The molecule has 1 aromatic carbocycles. The smallest absolute Gasteiger partial charge is 0.381 e. The number of aryl methyl sites for hydroxylation is 2. The molecule has 2 aliphatic carbocycles. The molecule has 2 aromatic heterocycles. The van der Waals surface area contributed by atoms with E-state index in [1.54, 1.807) is 31.9 Å². The van der Waals surface area contributed by atoms with E-state index >= 15 is 0 Å². The molecule has 3 atom stereocenters. The quantitative estimate of drug-likeness (QED) is 0.384. The van der Waals surface area contributed by atoms with Crippen molar-refractivity contribution in [3.05, 3.63) is 58.5 Å². The van der Waals surface area contributed by atoms with E-state index in [2.05, 4.69) is 20.1 Å². The highest BCUT2D eigenvalue weighted by Crippen LogP contribution is 2.57. The molecule has 2 saturated carbocycles. The van der Waals surface area contributed by atoms with Crippen molar-refractivity contribution in [3.8, 4) is 5.88 Å². The number of carbonyl (C=O) groups excluding carboxylic acids is 2. The van der Waals surface area contributed by atoms with Crippen LogP contribution in [-0.4, -0.2) is 49.3 Å². The van der Waals surface area contributed by atoms with Crippen LogP contribution in [0, 0.1) is 17.7 Å². The van der Waals surface area contributed by atoms with Gasteiger partial charge < -0.3 is 24.5 Å². The topological polar surface area (TPSA) is 121 Å². The van der Waals surface area contributed by atoms with E-state index in [4.69, 9.17) is 16.3 Å². The summed E-state index contributed by atoms with van der Waals surface area (Å²) in [6.45, 7) is 1.59. The Morgan fingerprint density at radius 2 is 1.95 bits per heavy atom. The number of hydrogen-bond acceptors (Lipinski definition) is 7. The number of fused-ring (bicyclic) bond motifs is 1. The molecule has 2 aliphatic rings. The van der Waals surface area contributed by atoms with Crippen LogP contribution in [0.25, 0.3) is 0 Å². The molecular weight excluding hydrogens is 548 g/mol. The maximum Gasteiger partial charge on any atom is 0.381 e. The van der Waals surface area contributed by atoms with E-state index in [9.17, 15) is 23.5 Å². The molecule has 0 aliphatic heterocycles. The van der Waals surface area contributed by atoms with Crippen LogP contribution in [-0.2, 0) is 29.2 Å². The lowest BCUT2D eigenvalue weighted by Crippen LogP contribution is -2.26. The van der Waals surface area contributed by atoms with Gasteiger partial charge in [-0.05, 0) is 62.6 Å². The first-order valence-corrected chi connectivity index (χ1v) is 13.4. The molecule has 40 heavy (non-hydrogen) atoms. The molecule has 5 rings (SSSR count). The molecule has 10 nitrogen and oxygen atoms in total. The second-order valence-electron chi connectivity index (χ2n) is 10.5. The predicted octanol–water partition coefficient (Wildman–Crippen LogP) is 4.23. The number of amides is 1. The first-order valence-electron chi connectivity index (χ1n) is 13.0.